The highest BCUT2D eigenvalue weighted by Gasteiger charge is 2.30. The summed E-state index contributed by atoms with van der Waals surface area (Å²) in [6, 6.07) is 6.62. The molecule has 0 bridgehead atoms. The van der Waals surface area contributed by atoms with Crippen LogP contribution in [0, 0.1) is 0 Å². The van der Waals surface area contributed by atoms with Crippen molar-refractivity contribution < 1.29 is 23.8 Å². The number of esters is 2. The van der Waals surface area contributed by atoms with E-state index >= 15 is 0 Å². The lowest BCUT2D eigenvalue weighted by Gasteiger charge is -2.29. The van der Waals surface area contributed by atoms with Gasteiger partial charge in [-0.3, -0.25) is 0 Å². The van der Waals surface area contributed by atoms with Crippen LogP contribution in [0.3, 0.4) is 0 Å². The van der Waals surface area contributed by atoms with E-state index < -0.39 is 18.0 Å². The molecule has 0 spiro atoms. The van der Waals surface area contributed by atoms with Gasteiger partial charge in [-0.1, -0.05) is 12.1 Å². The molecule has 1 atom stereocenters. The van der Waals surface area contributed by atoms with Crippen molar-refractivity contribution in [2.75, 3.05) is 19.8 Å². The Morgan fingerprint density at radius 3 is 2.38 bits per heavy atom. The number of hydrogen-bond donors (Lipinski definition) is 2. The summed E-state index contributed by atoms with van der Waals surface area (Å²) in [4.78, 5) is 23.7. The molecule has 0 fully saturated rings. The summed E-state index contributed by atoms with van der Waals surface area (Å²) in [6.45, 7) is 5.71. The molecule has 1 aromatic rings. The largest absolute Gasteiger partial charge is 0.482 e. The number of benzene rings is 1. The first-order valence-electron chi connectivity index (χ1n) is 8.30. The maximum Gasteiger partial charge on any atom is 0.344 e. The average Bonchev–Trinajstić information content (AvgIpc) is 2.60. The van der Waals surface area contributed by atoms with Gasteiger partial charge in [-0.25, -0.2) is 9.59 Å². The van der Waals surface area contributed by atoms with Gasteiger partial charge in [0.1, 0.15) is 5.75 Å². The normalized spacial score (nSPS) is 16.4. The van der Waals surface area contributed by atoms with Gasteiger partial charge < -0.3 is 24.8 Å². The van der Waals surface area contributed by atoms with E-state index in [1.54, 1.807) is 45.0 Å². The Labute approximate surface area is 157 Å². The summed E-state index contributed by atoms with van der Waals surface area (Å²) in [7, 11) is 0. The van der Waals surface area contributed by atoms with E-state index in [1.165, 1.54) is 0 Å². The molecule has 0 unspecified atom stereocenters. The summed E-state index contributed by atoms with van der Waals surface area (Å²) in [5, 5.41) is 6.47. The van der Waals surface area contributed by atoms with Crippen LogP contribution in [0.15, 0.2) is 35.5 Å². The van der Waals surface area contributed by atoms with E-state index in [-0.39, 0.29) is 13.2 Å². The van der Waals surface area contributed by atoms with Gasteiger partial charge in [0.2, 0.25) is 0 Å². The average molecular weight is 378 g/mol. The van der Waals surface area contributed by atoms with E-state index in [1.807, 2.05) is 0 Å². The Kier molecular flexibility index (Phi) is 6.97. The first kappa shape index (κ1) is 19.7. The van der Waals surface area contributed by atoms with Gasteiger partial charge in [0.15, 0.2) is 11.7 Å². The van der Waals surface area contributed by atoms with E-state index in [0.29, 0.717) is 28.7 Å². The molecule has 1 aliphatic rings. The minimum Gasteiger partial charge on any atom is -0.482 e. The molecular formula is C18H22N2O5S. The van der Waals surface area contributed by atoms with E-state index in [2.05, 4.69) is 10.6 Å². The Morgan fingerprint density at radius 2 is 1.77 bits per heavy atom. The lowest BCUT2D eigenvalue weighted by Crippen LogP contribution is -2.45. The maximum atomic E-state index is 12.3. The molecule has 140 valence electrons. The highest BCUT2D eigenvalue weighted by Crippen LogP contribution is 2.28. The number of allylic oxidation sites excluding steroid dienone is 1. The van der Waals surface area contributed by atoms with Gasteiger partial charge in [0.25, 0.3) is 0 Å². The number of carbonyl (C=O) groups excluding carboxylic acids is 2. The lowest BCUT2D eigenvalue weighted by molar-refractivity contribution is -0.145. The van der Waals surface area contributed by atoms with Gasteiger partial charge >= 0.3 is 11.9 Å². The Morgan fingerprint density at radius 1 is 1.12 bits per heavy atom. The van der Waals surface area contributed by atoms with Crippen molar-refractivity contribution >= 4 is 29.3 Å². The molecule has 0 saturated carbocycles. The summed E-state index contributed by atoms with van der Waals surface area (Å²) in [6.07, 6.45) is 0. The van der Waals surface area contributed by atoms with Crippen LogP contribution in [0.4, 0.5) is 0 Å². The van der Waals surface area contributed by atoms with Gasteiger partial charge in [0, 0.05) is 5.70 Å². The smallest absolute Gasteiger partial charge is 0.344 e. The van der Waals surface area contributed by atoms with Crippen LogP contribution < -0.4 is 15.4 Å². The molecule has 0 amide bonds. The second-order valence-electron chi connectivity index (χ2n) is 5.45. The molecule has 1 aromatic carbocycles. The second-order valence-corrected chi connectivity index (χ2v) is 5.86. The van der Waals surface area contributed by atoms with Crippen LogP contribution >= 0.6 is 12.2 Å². The van der Waals surface area contributed by atoms with Gasteiger partial charge in [0.05, 0.1) is 24.8 Å². The lowest BCUT2D eigenvalue weighted by atomic mass is 9.95. The zero-order chi connectivity index (χ0) is 19.1. The fraction of sp³-hybridized carbons (Fsp3) is 0.389. The number of thiocarbonyl (C=S) groups is 1. The third-order valence-electron chi connectivity index (χ3n) is 3.64. The Bertz CT molecular complexity index is 715. The van der Waals surface area contributed by atoms with Crippen LogP contribution in [0.5, 0.6) is 5.75 Å². The van der Waals surface area contributed by atoms with Crippen molar-refractivity contribution in [2.24, 2.45) is 0 Å². The molecule has 0 aromatic heterocycles. The van der Waals surface area contributed by atoms with Crippen LogP contribution in [-0.2, 0) is 19.1 Å². The number of rotatable bonds is 7. The second kappa shape index (κ2) is 9.19. The molecule has 0 saturated heterocycles. The van der Waals surface area contributed by atoms with E-state index in [9.17, 15) is 9.59 Å². The van der Waals surface area contributed by atoms with Crippen molar-refractivity contribution in [2.45, 2.75) is 26.8 Å². The zero-order valence-electron chi connectivity index (χ0n) is 15.0. The van der Waals surface area contributed by atoms with Gasteiger partial charge in [-0.15, -0.1) is 0 Å². The zero-order valence-corrected chi connectivity index (χ0v) is 15.8. The summed E-state index contributed by atoms with van der Waals surface area (Å²) >= 11 is 5.20. The highest BCUT2D eigenvalue weighted by atomic mass is 32.1. The molecular weight excluding hydrogens is 356 g/mol. The quantitative estimate of drug-likeness (QED) is 0.550. The van der Waals surface area contributed by atoms with Gasteiger partial charge in [-0.2, -0.15) is 0 Å². The Balaban J connectivity index is 2.17. The van der Waals surface area contributed by atoms with Crippen molar-refractivity contribution in [3.63, 3.8) is 0 Å². The predicted molar refractivity (Wildman–Crippen MR) is 99.5 cm³/mol. The third-order valence-corrected chi connectivity index (χ3v) is 3.86. The molecule has 0 aliphatic carbocycles. The molecule has 1 aliphatic heterocycles. The fourth-order valence-electron chi connectivity index (χ4n) is 2.52. The number of ether oxygens (including phenoxy) is 3. The first-order chi connectivity index (χ1) is 12.5. The molecule has 8 heteroatoms. The van der Waals surface area contributed by atoms with Crippen molar-refractivity contribution in [1.29, 1.82) is 0 Å². The molecule has 7 nitrogen and oxygen atoms in total. The maximum absolute atomic E-state index is 12.3. The molecule has 26 heavy (non-hydrogen) atoms. The molecule has 1 heterocycles. The molecule has 2 rings (SSSR count). The third kappa shape index (κ3) is 4.95. The summed E-state index contributed by atoms with van der Waals surface area (Å²) < 4.78 is 15.4. The number of hydrogen-bond acceptors (Lipinski definition) is 6. The monoisotopic (exact) mass is 378 g/mol. The predicted octanol–water partition coefficient (Wildman–Crippen LogP) is 1.98. The van der Waals surface area contributed by atoms with Crippen LogP contribution in [0.2, 0.25) is 0 Å². The van der Waals surface area contributed by atoms with Crippen molar-refractivity contribution in [1.82, 2.24) is 10.6 Å². The minimum absolute atomic E-state index is 0.157. The van der Waals surface area contributed by atoms with Crippen LogP contribution in [0.25, 0.3) is 0 Å². The van der Waals surface area contributed by atoms with Crippen molar-refractivity contribution in [3.05, 3.63) is 41.1 Å². The minimum atomic E-state index is -0.429. The SMILES string of the molecule is CCOC(=O)COc1ccc([C@H]2NC(=S)NC(C)=C2C(=O)OCC)cc1. The molecule has 0 radical (unpaired) electrons. The summed E-state index contributed by atoms with van der Waals surface area (Å²) in [5.41, 5.74) is 1.94. The number of carbonyl (C=O) groups is 2. The van der Waals surface area contributed by atoms with Crippen LogP contribution in [-0.4, -0.2) is 36.9 Å². The van der Waals surface area contributed by atoms with Crippen molar-refractivity contribution in [3.8, 4) is 5.75 Å². The topological polar surface area (TPSA) is 85.9 Å². The highest BCUT2D eigenvalue weighted by molar-refractivity contribution is 7.80. The Hall–Kier alpha value is -2.61. The first-order valence-corrected chi connectivity index (χ1v) is 8.70. The van der Waals surface area contributed by atoms with Crippen LogP contribution in [0.1, 0.15) is 32.4 Å². The summed E-state index contributed by atoms with van der Waals surface area (Å²) in [5.74, 6) is -0.304. The van der Waals surface area contributed by atoms with Gasteiger partial charge in [-0.05, 0) is 50.7 Å². The van der Waals surface area contributed by atoms with E-state index in [0.717, 1.165) is 5.56 Å². The van der Waals surface area contributed by atoms with E-state index in [4.69, 9.17) is 26.4 Å². The number of nitrogens with one attached hydrogen (secondary N) is 2. The standard InChI is InChI=1S/C18H22N2O5S/c1-4-23-14(21)10-25-13-8-6-12(7-9-13)16-15(17(22)24-5-2)11(3)19-18(26)20-16/h6-9,16H,4-5,10H2,1-3H3,(H2,19,20,26)/t16-/m1/s1. The fourth-order valence-corrected chi connectivity index (χ4v) is 2.80. The molecule has 2 N–H and O–H groups in total.